The van der Waals surface area contributed by atoms with E-state index in [4.69, 9.17) is 25.8 Å². The number of methoxy groups -OCH3 is 1. The number of esters is 2. The number of Topliss-reactive ketones (excluding diaryl/α,β-unsaturated/α-hetero) is 1. The zero-order valence-corrected chi connectivity index (χ0v) is 20.2. The molecule has 1 aliphatic heterocycles. The summed E-state index contributed by atoms with van der Waals surface area (Å²) in [5, 5.41) is 3.78. The standard InChI is InChI=1S/C25H30ClNO6/c1-5-10-32-11-12-33-25(30)20-15(3)27-18-13-14(2)19(24(29)31-4)23(28)22(18)21(20)16-6-8-17(26)9-7-16/h6-9,14,19,21,27H,5,10-13H2,1-4H3/t14-,19+,21-/m0/s1. The highest BCUT2D eigenvalue weighted by atomic mass is 35.5. The summed E-state index contributed by atoms with van der Waals surface area (Å²) in [6.07, 6.45) is 1.36. The number of carbonyl (C=O) groups is 3. The number of halogens is 1. The lowest BCUT2D eigenvalue weighted by atomic mass is 9.69. The number of hydrogen-bond acceptors (Lipinski definition) is 7. The molecule has 1 aliphatic carbocycles. The lowest BCUT2D eigenvalue weighted by molar-refractivity contribution is -0.151. The number of benzene rings is 1. The molecule has 7 nitrogen and oxygen atoms in total. The zero-order chi connectivity index (χ0) is 24.1. The van der Waals surface area contributed by atoms with Crippen LogP contribution in [0, 0.1) is 11.8 Å². The Morgan fingerprint density at radius 3 is 2.48 bits per heavy atom. The molecule has 1 aromatic carbocycles. The normalized spacial score (nSPS) is 22.6. The molecule has 0 saturated carbocycles. The topological polar surface area (TPSA) is 90.9 Å². The van der Waals surface area contributed by atoms with Crippen LogP contribution in [0.3, 0.4) is 0 Å². The van der Waals surface area contributed by atoms with Gasteiger partial charge in [-0.2, -0.15) is 0 Å². The highest BCUT2D eigenvalue weighted by molar-refractivity contribution is 6.30. The Bertz CT molecular complexity index is 981. The van der Waals surface area contributed by atoms with E-state index in [-0.39, 0.29) is 18.3 Å². The molecule has 3 rings (SSSR count). The van der Waals surface area contributed by atoms with Crippen LogP contribution in [0.2, 0.25) is 5.02 Å². The highest BCUT2D eigenvalue weighted by Crippen LogP contribution is 2.45. The molecule has 2 aliphatic rings. The van der Waals surface area contributed by atoms with Crippen LogP contribution in [-0.4, -0.2) is 44.7 Å². The number of nitrogens with one attached hydrogen (secondary N) is 1. The summed E-state index contributed by atoms with van der Waals surface area (Å²) < 4.78 is 15.8. The molecule has 33 heavy (non-hydrogen) atoms. The minimum atomic E-state index is -0.927. The Morgan fingerprint density at radius 2 is 1.85 bits per heavy atom. The van der Waals surface area contributed by atoms with Gasteiger partial charge in [0, 0.05) is 34.5 Å². The van der Waals surface area contributed by atoms with E-state index in [2.05, 4.69) is 5.32 Å². The van der Waals surface area contributed by atoms with Crippen LogP contribution in [0.4, 0.5) is 0 Å². The van der Waals surface area contributed by atoms with Crippen molar-refractivity contribution in [3.05, 3.63) is 57.4 Å². The second kappa shape index (κ2) is 11.0. The maximum absolute atomic E-state index is 13.6. The minimum Gasteiger partial charge on any atom is -0.468 e. The van der Waals surface area contributed by atoms with Crippen molar-refractivity contribution in [3.8, 4) is 0 Å². The van der Waals surface area contributed by atoms with Gasteiger partial charge in [-0.25, -0.2) is 4.79 Å². The van der Waals surface area contributed by atoms with Gasteiger partial charge in [-0.1, -0.05) is 37.6 Å². The molecule has 1 heterocycles. The van der Waals surface area contributed by atoms with Crippen LogP contribution < -0.4 is 5.32 Å². The lowest BCUT2D eigenvalue weighted by Gasteiger charge is -2.38. The summed E-state index contributed by atoms with van der Waals surface area (Å²) in [4.78, 5) is 39.2. The van der Waals surface area contributed by atoms with Crippen LogP contribution in [-0.2, 0) is 28.6 Å². The zero-order valence-electron chi connectivity index (χ0n) is 19.4. The molecule has 0 unspecified atom stereocenters. The van der Waals surface area contributed by atoms with Gasteiger partial charge < -0.3 is 19.5 Å². The van der Waals surface area contributed by atoms with Gasteiger partial charge in [-0.05, 0) is 43.4 Å². The van der Waals surface area contributed by atoms with Crippen molar-refractivity contribution in [1.29, 1.82) is 0 Å². The van der Waals surface area contributed by atoms with Crippen LogP contribution in [0.1, 0.15) is 45.1 Å². The smallest absolute Gasteiger partial charge is 0.336 e. The molecule has 0 amide bonds. The summed E-state index contributed by atoms with van der Waals surface area (Å²) >= 11 is 6.09. The number of hydrogen-bond donors (Lipinski definition) is 1. The largest absolute Gasteiger partial charge is 0.468 e. The van der Waals surface area contributed by atoms with E-state index in [9.17, 15) is 14.4 Å². The van der Waals surface area contributed by atoms with E-state index in [1.54, 1.807) is 31.2 Å². The molecule has 0 fully saturated rings. The molecule has 0 spiro atoms. The molecule has 0 radical (unpaired) electrons. The summed E-state index contributed by atoms with van der Waals surface area (Å²) in [5.74, 6) is -3.30. The Hall–Kier alpha value is -2.64. The van der Waals surface area contributed by atoms with Crippen molar-refractivity contribution in [2.75, 3.05) is 26.9 Å². The van der Waals surface area contributed by atoms with E-state index in [0.29, 0.717) is 52.8 Å². The molecule has 1 N–H and O–H groups in total. The second-order valence-corrected chi connectivity index (χ2v) is 8.77. The number of ether oxygens (including phenoxy) is 3. The second-order valence-electron chi connectivity index (χ2n) is 8.34. The Kier molecular flexibility index (Phi) is 8.32. The fourth-order valence-corrected chi connectivity index (χ4v) is 4.58. The summed E-state index contributed by atoms with van der Waals surface area (Å²) in [5.41, 5.74) is 2.77. The van der Waals surface area contributed by atoms with Crippen molar-refractivity contribution >= 4 is 29.3 Å². The molecule has 0 bridgehead atoms. The first kappa shape index (κ1) is 25.0. The molecule has 8 heteroatoms. The molecule has 0 saturated heterocycles. The summed E-state index contributed by atoms with van der Waals surface area (Å²) in [6.45, 7) is 6.62. The van der Waals surface area contributed by atoms with Gasteiger partial charge in [0.15, 0.2) is 5.78 Å². The van der Waals surface area contributed by atoms with Gasteiger partial charge in [-0.15, -0.1) is 0 Å². The molecule has 3 atom stereocenters. The minimum absolute atomic E-state index is 0.102. The number of allylic oxidation sites excluding steroid dienone is 3. The van der Waals surface area contributed by atoms with Crippen molar-refractivity contribution < 1.29 is 28.6 Å². The Morgan fingerprint density at radius 1 is 1.15 bits per heavy atom. The summed E-state index contributed by atoms with van der Waals surface area (Å²) in [6, 6.07) is 6.99. The predicted octanol–water partition coefficient (Wildman–Crippen LogP) is 3.92. The van der Waals surface area contributed by atoms with E-state index in [1.807, 2.05) is 13.8 Å². The first-order chi connectivity index (χ1) is 15.8. The van der Waals surface area contributed by atoms with Gasteiger partial charge in [0.25, 0.3) is 0 Å². The maximum atomic E-state index is 13.6. The van der Waals surface area contributed by atoms with Crippen LogP contribution >= 0.6 is 11.6 Å². The fraction of sp³-hybridized carbons (Fsp3) is 0.480. The number of dihydropyridines is 1. The predicted molar refractivity (Wildman–Crippen MR) is 123 cm³/mol. The average molecular weight is 476 g/mol. The third-order valence-corrected chi connectivity index (χ3v) is 6.23. The SMILES string of the molecule is CCCOCCOC(=O)C1=C(C)NC2=C(C(=O)[C@H](C(=O)OC)[C@@H](C)C2)[C@H]1c1ccc(Cl)cc1. The summed E-state index contributed by atoms with van der Waals surface area (Å²) in [7, 11) is 1.27. The van der Waals surface area contributed by atoms with Crippen LogP contribution in [0.15, 0.2) is 46.8 Å². The molecule has 0 aromatic heterocycles. The van der Waals surface area contributed by atoms with E-state index < -0.39 is 23.8 Å². The number of ketones is 1. The first-order valence-electron chi connectivity index (χ1n) is 11.1. The third kappa shape index (κ3) is 5.31. The third-order valence-electron chi connectivity index (χ3n) is 5.98. The molecule has 178 valence electrons. The van der Waals surface area contributed by atoms with Crippen molar-refractivity contribution in [3.63, 3.8) is 0 Å². The first-order valence-corrected chi connectivity index (χ1v) is 11.5. The quantitative estimate of drug-likeness (QED) is 0.346. The van der Waals surface area contributed by atoms with E-state index in [1.165, 1.54) is 7.11 Å². The monoisotopic (exact) mass is 475 g/mol. The van der Waals surface area contributed by atoms with Crippen LogP contribution in [0.5, 0.6) is 0 Å². The Labute approximate surface area is 199 Å². The van der Waals surface area contributed by atoms with Gasteiger partial charge >= 0.3 is 11.9 Å². The van der Waals surface area contributed by atoms with E-state index >= 15 is 0 Å². The van der Waals surface area contributed by atoms with Crippen molar-refractivity contribution in [1.82, 2.24) is 5.32 Å². The van der Waals surface area contributed by atoms with Gasteiger partial charge in [0.05, 0.1) is 19.3 Å². The van der Waals surface area contributed by atoms with E-state index in [0.717, 1.165) is 6.42 Å². The maximum Gasteiger partial charge on any atom is 0.336 e. The van der Waals surface area contributed by atoms with Crippen LogP contribution in [0.25, 0.3) is 0 Å². The molecule has 1 aromatic rings. The number of rotatable bonds is 8. The number of carbonyl (C=O) groups excluding carboxylic acids is 3. The van der Waals surface area contributed by atoms with Gasteiger partial charge in [0.2, 0.25) is 0 Å². The van der Waals surface area contributed by atoms with Gasteiger partial charge in [-0.3, -0.25) is 9.59 Å². The molecular weight excluding hydrogens is 446 g/mol. The lowest BCUT2D eigenvalue weighted by Crippen LogP contribution is -2.43. The average Bonchev–Trinajstić information content (AvgIpc) is 2.78. The highest BCUT2D eigenvalue weighted by Gasteiger charge is 2.47. The van der Waals surface area contributed by atoms with Gasteiger partial charge in [0.1, 0.15) is 12.5 Å². The van der Waals surface area contributed by atoms with Crippen molar-refractivity contribution in [2.24, 2.45) is 11.8 Å². The Balaban J connectivity index is 2.01. The fourth-order valence-electron chi connectivity index (χ4n) is 4.46. The van der Waals surface area contributed by atoms with Crippen molar-refractivity contribution in [2.45, 2.75) is 39.5 Å². The molecular formula is C25H30ClNO6.